The number of ether oxygens (including phenoxy) is 1. The molecule has 37 heavy (non-hydrogen) atoms. The van der Waals surface area contributed by atoms with Gasteiger partial charge in [-0.15, -0.1) is 0 Å². The van der Waals surface area contributed by atoms with E-state index < -0.39 is 0 Å². The number of amides is 2. The van der Waals surface area contributed by atoms with Gasteiger partial charge in [0.05, 0.1) is 0 Å². The highest BCUT2D eigenvalue weighted by atomic mass is 16.5. The summed E-state index contributed by atoms with van der Waals surface area (Å²) in [6.07, 6.45) is 16.6. The standard InChI is InChI=1S/C31H47N3O3/c1-30-12-10-23(33(3)29(36)32-14-17-34-15-4-5-16-34)19-22(30)6-7-24-26-9-8-25(21-18-28(35)37-20-21)31(26,2)13-11-27(24)30/h9,18,22-25,27H,4-8,10-17,19-20H2,1-3H3,(H,32,36)/t22-,23+,24+,25-,27+,30+,31-/m1/s1. The predicted molar refractivity (Wildman–Crippen MR) is 145 cm³/mol. The highest BCUT2D eigenvalue weighted by molar-refractivity contribution is 5.85. The Morgan fingerprint density at radius 3 is 2.73 bits per heavy atom. The molecular weight excluding hydrogens is 462 g/mol. The van der Waals surface area contributed by atoms with Gasteiger partial charge in [0.25, 0.3) is 0 Å². The van der Waals surface area contributed by atoms with Crippen LogP contribution in [0.15, 0.2) is 23.3 Å². The Morgan fingerprint density at radius 1 is 1.16 bits per heavy atom. The van der Waals surface area contributed by atoms with Gasteiger partial charge in [0, 0.05) is 32.3 Å². The van der Waals surface area contributed by atoms with Gasteiger partial charge in [0.2, 0.25) is 0 Å². The minimum Gasteiger partial charge on any atom is -0.458 e. The molecule has 4 fully saturated rings. The number of nitrogens with one attached hydrogen (secondary N) is 1. The minimum atomic E-state index is -0.157. The third-order valence-corrected chi connectivity index (χ3v) is 11.9. The van der Waals surface area contributed by atoms with Crippen LogP contribution in [0.1, 0.15) is 78.1 Å². The van der Waals surface area contributed by atoms with Crippen molar-refractivity contribution in [1.82, 2.24) is 15.1 Å². The molecule has 4 aliphatic carbocycles. The zero-order valence-electron chi connectivity index (χ0n) is 23.3. The van der Waals surface area contributed by atoms with E-state index in [4.69, 9.17) is 4.74 Å². The molecule has 2 heterocycles. The maximum Gasteiger partial charge on any atom is 0.331 e. The summed E-state index contributed by atoms with van der Waals surface area (Å²) in [4.78, 5) is 29.2. The molecule has 6 rings (SSSR count). The fourth-order valence-electron chi connectivity index (χ4n) is 9.69. The first-order chi connectivity index (χ1) is 17.8. The average Bonchev–Trinajstić information content (AvgIpc) is 3.63. The minimum absolute atomic E-state index is 0.112. The Balaban J connectivity index is 1.08. The first kappa shape index (κ1) is 25.5. The topological polar surface area (TPSA) is 61.9 Å². The molecule has 1 saturated heterocycles. The van der Waals surface area contributed by atoms with E-state index in [-0.39, 0.29) is 17.4 Å². The molecule has 0 bridgehead atoms. The van der Waals surface area contributed by atoms with Crippen LogP contribution in [-0.2, 0) is 9.53 Å². The third-order valence-electron chi connectivity index (χ3n) is 11.9. The number of fused-ring (bicyclic) bond motifs is 5. The van der Waals surface area contributed by atoms with Crippen molar-refractivity contribution in [2.75, 3.05) is 39.8 Å². The number of esters is 1. The van der Waals surface area contributed by atoms with Crippen molar-refractivity contribution in [2.45, 2.75) is 84.1 Å². The summed E-state index contributed by atoms with van der Waals surface area (Å²) in [6, 6.07) is 0.470. The smallest absolute Gasteiger partial charge is 0.331 e. The van der Waals surface area contributed by atoms with E-state index in [1.54, 1.807) is 11.6 Å². The van der Waals surface area contributed by atoms with Crippen LogP contribution in [0.4, 0.5) is 4.79 Å². The van der Waals surface area contributed by atoms with Gasteiger partial charge in [-0.25, -0.2) is 9.59 Å². The summed E-state index contributed by atoms with van der Waals surface area (Å²) >= 11 is 0. The van der Waals surface area contributed by atoms with E-state index in [0.717, 1.165) is 38.3 Å². The molecule has 0 spiro atoms. The maximum absolute atomic E-state index is 13.0. The van der Waals surface area contributed by atoms with E-state index in [2.05, 4.69) is 30.1 Å². The first-order valence-corrected chi connectivity index (χ1v) is 15.1. The number of allylic oxidation sites excluding steroid dienone is 2. The molecule has 2 aliphatic heterocycles. The largest absolute Gasteiger partial charge is 0.458 e. The Kier molecular flexibility index (Phi) is 6.70. The molecule has 0 aromatic heterocycles. The van der Waals surface area contributed by atoms with E-state index >= 15 is 0 Å². The van der Waals surface area contributed by atoms with Crippen LogP contribution in [0, 0.1) is 34.5 Å². The molecule has 0 aromatic rings. The summed E-state index contributed by atoms with van der Waals surface area (Å²) in [5.74, 6) is 2.43. The van der Waals surface area contributed by atoms with Gasteiger partial charge in [-0.2, -0.15) is 0 Å². The first-order valence-electron chi connectivity index (χ1n) is 15.1. The van der Waals surface area contributed by atoms with Crippen molar-refractivity contribution in [3.63, 3.8) is 0 Å². The average molecular weight is 510 g/mol. The molecule has 6 aliphatic rings. The Bertz CT molecular complexity index is 984. The van der Waals surface area contributed by atoms with Crippen molar-refractivity contribution < 1.29 is 14.3 Å². The Hall–Kier alpha value is -1.82. The lowest BCUT2D eigenvalue weighted by Crippen LogP contribution is -2.55. The number of rotatable bonds is 5. The predicted octanol–water partition coefficient (Wildman–Crippen LogP) is 5.15. The van der Waals surface area contributed by atoms with Crippen molar-refractivity contribution in [3.05, 3.63) is 23.3 Å². The lowest BCUT2D eigenvalue weighted by atomic mass is 9.45. The molecule has 0 radical (unpaired) electrons. The Morgan fingerprint density at radius 2 is 1.97 bits per heavy atom. The maximum atomic E-state index is 13.0. The molecule has 7 atom stereocenters. The molecular formula is C31H47N3O3. The molecule has 1 N–H and O–H groups in total. The summed E-state index contributed by atoms with van der Waals surface area (Å²) in [5.41, 5.74) is 3.48. The van der Waals surface area contributed by atoms with Crippen LogP contribution < -0.4 is 5.32 Å². The molecule has 0 unspecified atom stereocenters. The van der Waals surface area contributed by atoms with Crippen LogP contribution >= 0.6 is 0 Å². The second kappa shape index (κ2) is 9.73. The number of hydrogen-bond donors (Lipinski definition) is 1. The number of carbonyl (C=O) groups excluding carboxylic acids is 2. The second-order valence-corrected chi connectivity index (χ2v) is 13.5. The normalized spacial score (nSPS) is 41.3. The van der Waals surface area contributed by atoms with Crippen LogP contribution in [0.3, 0.4) is 0 Å². The van der Waals surface area contributed by atoms with Crippen molar-refractivity contribution in [2.24, 2.45) is 34.5 Å². The zero-order valence-corrected chi connectivity index (χ0v) is 23.3. The number of urea groups is 1. The van der Waals surface area contributed by atoms with E-state index in [1.165, 1.54) is 63.6 Å². The van der Waals surface area contributed by atoms with Gasteiger partial charge in [-0.05, 0) is 117 Å². The van der Waals surface area contributed by atoms with E-state index in [9.17, 15) is 9.59 Å². The van der Waals surface area contributed by atoms with Gasteiger partial charge < -0.3 is 19.9 Å². The second-order valence-electron chi connectivity index (χ2n) is 13.5. The number of cyclic esters (lactones) is 1. The Labute approximate surface area is 223 Å². The molecule has 3 saturated carbocycles. The molecule has 6 heteroatoms. The number of carbonyl (C=O) groups is 2. The van der Waals surface area contributed by atoms with Crippen molar-refractivity contribution in [3.8, 4) is 0 Å². The van der Waals surface area contributed by atoms with Crippen LogP contribution in [0.2, 0.25) is 0 Å². The number of nitrogens with zero attached hydrogens (tertiary/aromatic N) is 2. The van der Waals surface area contributed by atoms with Crippen molar-refractivity contribution >= 4 is 12.0 Å². The summed E-state index contributed by atoms with van der Waals surface area (Å²) in [6.45, 7) is 9.65. The van der Waals surface area contributed by atoms with Crippen LogP contribution in [0.25, 0.3) is 0 Å². The molecule has 204 valence electrons. The zero-order chi connectivity index (χ0) is 25.8. The third kappa shape index (κ3) is 4.35. The lowest BCUT2D eigenvalue weighted by Gasteiger charge is -2.60. The van der Waals surface area contributed by atoms with Gasteiger partial charge >= 0.3 is 12.0 Å². The van der Waals surface area contributed by atoms with Gasteiger partial charge in [0.1, 0.15) is 6.61 Å². The summed E-state index contributed by atoms with van der Waals surface area (Å²) in [7, 11) is 2.02. The fourth-order valence-corrected chi connectivity index (χ4v) is 9.69. The van der Waals surface area contributed by atoms with E-state index in [1.807, 2.05) is 11.9 Å². The monoisotopic (exact) mass is 509 g/mol. The van der Waals surface area contributed by atoms with Gasteiger partial charge in [-0.1, -0.05) is 25.5 Å². The molecule has 6 nitrogen and oxygen atoms in total. The summed E-state index contributed by atoms with van der Waals surface area (Å²) in [5, 5.41) is 3.20. The SMILES string of the molecule is CN(C(=O)NCCN1CCCC1)[C@H]1CC[C@@]2(C)[C@H](CC[C@H]3C4=CC[C@H](C5=CC(=O)OC5)[C@@]4(C)CC[C@@H]32)C1. The summed E-state index contributed by atoms with van der Waals surface area (Å²) < 4.78 is 5.30. The fraction of sp³-hybridized carbons (Fsp3) is 0.806. The van der Waals surface area contributed by atoms with Crippen molar-refractivity contribution in [1.29, 1.82) is 0 Å². The number of likely N-dealkylation sites (tertiary alicyclic amines) is 1. The molecule has 0 aromatic carbocycles. The van der Waals surface area contributed by atoms with Gasteiger partial charge in [0.15, 0.2) is 0 Å². The van der Waals surface area contributed by atoms with Gasteiger partial charge in [-0.3, -0.25) is 0 Å². The quantitative estimate of drug-likeness (QED) is 0.411. The van der Waals surface area contributed by atoms with Crippen LogP contribution in [0.5, 0.6) is 0 Å². The van der Waals surface area contributed by atoms with Crippen LogP contribution in [-0.4, -0.2) is 67.7 Å². The highest BCUT2D eigenvalue weighted by Crippen LogP contribution is 2.66. The number of hydrogen-bond acceptors (Lipinski definition) is 4. The van der Waals surface area contributed by atoms with E-state index in [0.29, 0.717) is 35.8 Å². The highest BCUT2D eigenvalue weighted by Gasteiger charge is 2.58. The lowest BCUT2D eigenvalue weighted by molar-refractivity contribution is -0.135. The molecule has 2 amide bonds.